The van der Waals surface area contributed by atoms with Gasteiger partial charge in [0.2, 0.25) is 5.82 Å². The van der Waals surface area contributed by atoms with E-state index in [4.69, 9.17) is 14.6 Å². The molecule has 1 aromatic carbocycles. The van der Waals surface area contributed by atoms with Gasteiger partial charge in [-0.25, -0.2) is 4.39 Å². The molecule has 2 atom stereocenters. The molecular weight excluding hydrogens is 366 g/mol. The first-order valence-corrected chi connectivity index (χ1v) is 10.4. The number of cyclic esters (lactones) is 1. The van der Waals surface area contributed by atoms with E-state index in [0.29, 0.717) is 12.5 Å². The van der Waals surface area contributed by atoms with Gasteiger partial charge in [-0.2, -0.15) is 4.39 Å². The van der Waals surface area contributed by atoms with E-state index in [1.54, 1.807) is 0 Å². The molecule has 4 nitrogen and oxygen atoms in total. The van der Waals surface area contributed by atoms with Crippen molar-refractivity contribution in [2.24, 2.45) is 17.8 Å². The minimum absolute atomic E-state index is 0.0278. The molecule has 2 fully saturated rings. The molecule has 0 spiro atoms. The van der Waals surface area contributed by atoms with Gasteiger partial charge in [0, 0.05) is 5.56 Å². The fraction of sp³-hybridized carbons (Fsp3) is 0.682. The van der Waals surface area contributed by atoms with Gasteiger partial charge in [0.15, 0.2) is 11.6 Å². The molecule has 1 aliphatic heterocycles. The highest BCUT2D eigenvalue weighted by Crippen LogP contribution is 2.37. The zero-order valence-corrected chi connectivity index (χ0v) is 16.5. The van der Waals surface area contributed by atoms with Gasteiger partial charge in [0.1, 0.15) is 6.10 Å². The van der Waals surface area contributed by atoms with Crippen LogP contribution in [0.2, 0.25) is 0 Å². The zero-order valence-electron chi connectivity index (χ0n) is 16.5. The van der Waals surface area contributed by atoms with Crippen molar-refractivity contribution in [3.8, 4) is 5.75 Å². The predicted octanol–water partition coefficient (Wildman–Crippen LogP) is 4.76. The number of hydrogen-bond acceptors (Lipinski definition) is 4. The summed E-state index contributed by atoms with van der Waals surface area (Å²) in [6.07, 6.45) is 7.59. The first kappa shape index (κ1) is 21.0. The van der Waals surface area contributed by atoms with Crippen molar-refractivity contribution in [2.45, 2.75) is 71.0 Å². The molecule has 1 saturated heterocycles. The Morgan fingerprint density at radius 1 is 1.11 bits per heavy atom. The number of esters is 1. The summed E-state index contributed by atoms with van der Waals surface area (Å²) in [5.41, 5.74) is -0.0754. The summed E-state index contributed by atoms with van der Waals surface area (Å²) in [5, 5.41) is 8.98. The number of hydrogen-bond donors (Lipinski definition) is 1. The highest BCUT2D eigenvalue weighted by Gasteiger charge is 2.36. The maximum absolute atomic E-state index is 14.0. The number of halogens is 2. The molecule has 1 heterocycles. The Balaban J connectivity index is 1.45. The van der Waals surface area contributed by atoms with Gasteiger partial charge in [-0.1, -0.05) is 13.3 Å². The highest BCUT2D eigenvalue weighted by molar-refractivity contribution is 5.73. The molecule has 0 radical (unpaired) electrons. The maximum atomic E-state index is 14.0. The van der Waals surface area contributed by atoms with Crippen molar-refractivity contribution in [1.82, 2.24) is 0 Å². The molecule has 1 aliphatic carbocycles. The summed E-state index contributed by atoms with van der Waals surface area (Å²) in [5.74, 6) is -1.50. The molecule has 0 bridgehead atoms. The van der Waals surface area contributed by atoms with Crippen LogP contribution in [0.25, 0.3) is 0 Å². The Morgan fingerprint density at radius 3 is 2.50 bits per heavy atom. The van der Waals surface area contributed by atoms with E-state index >= 15 is 0 Å². The zero-order chi connectivity index (χ0) is 20.1. The van der Waals surface area contributed by atoms with E-state index in [1.165, 1.54) is 12.1 Å². The van der Waals surface area contributed by atoms with E-state index in [-0.39, 0.29) is 35.2 Å². The third kappa shape index (κ3) is 4.83. The van der Waals surface area contributed by atoms with Crippen LogP contribution in [-0.2, 0) is 16.1 Å². The van der Waals surface area contributed by atoms with Crippen molar-refractivity contribution in [2.75, 3.05) is 6.61 Å². The standard InChI is InChI=1S/C22H30F2O4/c1-2-3-16-8-10-18(28-22(16)26)15-6-4-14(5-7-15)13-27-19-11-9-17(12-25)20(23)21(19)24/h9,11,14-16,18,25H,2-8,10,12-13H2,1H3. The van der Waals surface area contributed by atoms with Crippen molar-refractivity contribution in [1.29, 1.82) is 0 Å². The Morgan fingerprint density at radius 2 is 1.86 bits per heavy atom. The number of carbonyl (C=O) groups is 1. The molecular formula is C22H30F2O4. The summed E-state index contributed by atoms with van der Waals surface area (Å²) in [6, 6.07) is 2.71. The minimum atomic E-state index is -1.05. The first-order chi connectivity index (χ1) is 13.5. The second-order valence-electron chi connectivity index (χ2n) is 8.14. The summed E-state index contributed by atoms with van der Waals surface area (Å²) in [6.45, 7) is 1.88. The number of rotatable bonds is 7. The van der Waals surface area contributed by atoms with Crippen molar-refractivity contribution >= 4 is 5.97 Å². The molecule has 1 aromatic rings. The first-order valence-electron chi connectivity index (χ1n) is 10.4. The Kier molecular flexibility index (Phi) is 7.27. The molecule has 0 aromatic heterocycles. The van der Waals surface area contributed by atoms with Crippen LogP contribution < -0.4 is 4.74 Å². The van der Waals surface area contributed by atoms with Crippen LogP contribution in [0.3, 0.4) is 0 Å². The third-order valence-corrected chi connectivity index (χ3v) is 6.23. The predicted molar refractivity (Wildman–Crippen MR) is 101 cm³/mol. The van der Waals surface area contributed by atoms with Crippen LogP contribution >= 0.6 is 0 Å². The number of aliphatic hydroxyl groups excluding tert-OH is 1. The maximum Gasteiger partial charge on any atom is 0.309 e. The van der Waals surface area contributed by atoms with Gasteiger partial charge in [0.25, 0.3) is 0 Å². The van der Waals surface area contributed by atoms with Crippen LogP contribution in [0, 0.1) is 29.4 Å². The van der Waals surface area contributed by atoms with Crippen LogP contribution in [0.1, 0.15) is 63.9 Å². The van der Waals surface area contributed by atoms with Gasteiger partial charge in [0.05, 0.1) is 19.1 Å². The molecule has 6 heteroatoms. The number of carbonyl (C=O) groups excluding carboxylic acids is 1. The second kappa shape index (κ2) is 9.68. The topological polar surface area (TPSA) is 55.8 Å². The third-order valence-electron chi connectivity index (χ3n) is 6.23. The lowest BCUT2D eigenvalue weighted by Crippen LogP contribution is -2.37. The lowest BCUT2D eigenvalue weighted by molar-refractivity contribution is -0.165. The number of aliphatic hydroxyl groups is 1. The van der Waals surface area contributed by atoms with Gasteiger partial charge in [-0.3, -0.25) is 4.79 Å². The summed E-state index contributed by atoms with van der Waals surface area (Å²) in [4.78, 5) is 12.1. The van der Waals surface area contributed by atoms with Crippen molar-refractivity contribution < 1.29 is 28.2 Å². The fourth-order valence-corrected chi connectivity index (χ4v) is 4.47. The average molecular weight is 396 g/mol. The van der Waals surface area contributed by atoms with E-state index in [2.05, 4.69) is 6.92 Å². The largest absolute Gasteiger partial charge is 0.490 e. The Hall–Kier alpha value is -1.69. The van der Waals surface area contributed by atoms with Crippen molar-refractivity contribution in [3.05, 3.63) is 29.3 Å². The monoisotopic (exact) mass is 396 g/mol. The molecule has 1 saturated carbocycles. The average Bonchev–Trinajstić information content (AvgIpc) is 2.71. The van der Waals surface area contributed by atoms with Crippen LogP contribution in [0.15, 0.2) is 12.1 Å². The summed E-state index contributed by atoms with van der Waals surface area (Å²) < 4.78 is 38.9. The Labute approximate surface area is 165 Å². The minimum Gasteiger partial charge on any atom is -0.490 e. The molecule has 0 amide bonds. The van der Waals surface area contributed by atoms with Gasteiger partial charge < -0.3 is 14.6 Å². The van der Waals surface area contributed by atoms with E-state index in [1.807, 2.05) is 0 Å². The van der Waals surface area contributed by atoms with Crippen molar-refractivity contribution in [3.63, 3.8) is 0 Å². The van der Waals surface area contributed by atoms with Crippen LogP contribution in [0.5, 0.6) is 5.75 Å². The van der Waals surface area contributed by atoms with E-state index < -0.39 is 18.2 Å². The lowest BCUT2D eigenvalue weighted by Gasteiger charge is -2.37. The summed E-state index contributed by atoms with van der Waals surface area (Å²) >= 11 is 0. The second-order valence-corrected chi connectivity index (χ2v) is 8.14. The van der Waals surface area contributed by atoms with Crippen LogP contribution in [-0.4, -0.2) is 23.8 Å². The summed E-state index contributed by atoms with van der Waals surface area (Å²) in [7, 11) is 0. The van der Waals surface area contributed by atoms with Gasteiger partial charge in [-0.05, 0) is 68.9 Å². The SMILES string of the molecule is CCCC1CCC(C2CCC(COc3ccc(CO)c(F)c3F)CC2)OC1=O. The molecule has 2 aliphatic rings. The number of ether oxygens (including phenoxy) is 2. The number of benzene rings is 1. The van der Waals surface area contributed by atoms with Crippen LogP contribution in [0.4, 0.5) is 8.78 Å². The molecule has 1 N–H and O–H groups in total. The highest BCUT2D eigenvalue weighted by atomic mass is 19.2. The molecule has 156 valence electrons. The lowest BCUT2D eigenvalue weighted by atomic mass is 9.77. The molecule has 28 heavy (non-hydrogen) atoms. The van der Waals surface area contributed by atoms with Gasteiger partial charge in [-0.15, -0.1) is 0 Å². The fourth-order valence-electron chi connectivity index (χ4n) is 4.47. The van der Waals surface area contributed by atoms with Gasteiger partial charge >= 0.3 is 5.97 Å². The van der Waals surface area contributed by atoms with E-state index in [9.17, 15) is 13.6 Å². The molecule has 2 unspecified atom stereocenters. The quantitative estimate of drug-likeness (QED) is 0.675. The molecule has 3 rings (SSSR count). The smallest absolute Gasteiger partial charge is 0.309 e. The Bertz CT molecular complexity index is 671. The normalized spacial score (nSPS) is 28.1. The van der Waals surface area contributed by atoms with E-state index in [0.717, 1.165) is 51.4 Å².